The number of hydrogen-bond donors (Lipinski definition) is 1. The predicted molar refractivity (Wildman–Crippen MR) is 154 cm³/mol. The first-order valence-corrected chi connectivity index (χ1v) is 13.6. The van der Waals surface area contributed by atoms with E-state index in [0.717, 1.165) is 38.0 Å². The highest BCUT2D eigenvalue weighted by molar-refractivity contribution is 9.10. The van der Waals surface area contributed by atoms with Crippen LogP contribution in [0.25, 0.3) is 11.1 Å². The van der Waals surface area contributed by atoms with Gasteiger partial charge in [0.25, 0.3) is 0 Å². The highest BCUT2D eigenvalue weighted by Gasteiger charge is 2.26. The van der Waals surface area contributed by atoms with E-state index in [4.69, 9.17) is 14.5 Å². The average molecular weight is 582 g/mol. The highest BCUT2D eigenvalue weighted by atomic mass is 79.9. The number of nitrogens with one attached hydrogen (secondary N) is 1. The Morgan fingerprint density at radius 3 is 2.29 bits per heavy atom. The zero-order valence-electron chi connectivity index (χ0n) is 23.3. The molecular weight excluding hydrogens is 544 g/mol. The Bertz CT molecular complexity index is 1290. The molecule has 0 fully saturated rings. The summed E-state index contributed by atoms with van der Waals surface area (Å²) in [5, 5.41) is 2.88. The summed E-state index contributed by atoms with van der Waals surface area (Å²) in [6, 6.07) is 15.6. The summed E-state index contributed by atoms with van der Waals surface area (Å²) in [7, 11) is 0. The van der Waals surface area contributed by atoms with Crippen LogP contribution in [-0.4, -0.2) is 22.6 Å². The maximum atomic E-state index is 13.6. The van der Waals surface area contributed by atoms with E-state index >= 15 is 0 Å². The lowest BCUT2D eigenvalue weighted by atomic mass is 9.89. The largest absolute Gasteiger partial charge is 0.457 e. The Hall–Kier alpha value is -3.19. The molecule has 38 heavy (non-hydrogen) atoms. The Morgan fingerprint density at radius 2 is 1.68 bits per heavy atom. The topological polar surface area (TPSA) is 77.5 Å². The van der Waals surface area contributed by atoms with E-state index in [2.05, 4.69) is 35.1 Å². The van der Waals surface area contributed by atoms with Gasteiger partial charge in [0.15, 0.2) is 0 Å². The number of aromatic nitrogens is 1. The van der Waals surface area contributed by atoms with E-state index in [-0.39, 0.29) is 13.2 Å². The lowest BCUT2D eigenvalue weighted by Crippen LogP contribution is -2.32. The molecule has 1 amide bonds. The predicted octanol–water partition coefficient (Wildman–Crippen LogP) is 7.71. The van der Waals surface area contributed by atoms with Crippen LogP contribution < -0.4 is 5.32 Å². The van der Waals surface area contributed by atoms with Gasteiger partial charge >= 0.3 is 12.1 Å². The second kappa shape index (κ2) is 12.6. The molecule has 0 saturated heterocycles. The summed E-state index contributed by atoms with van der Waals surface area (Å²) in [6.45, 7) is 13.8. The number of esters is 1. The molecule has 0 atom stereocenters. The van der Waals surface area contributed by atoms with Crippen LogP contribution in [0.5, 0.6) is 0 Å². The van der Waals surface area contributed by atoms with Gasteiger partial charge < -0.3 is 14.8 Å². The minimum Gasteiger partial charge on any atom is -0.457 e. The molecule has 2 aromatic carbocycles. The Morgan fingerprint density at radius 1 is 1.03 bits per heavy atom. The minimum absolute atomic E-state index is 0.117. The van der Waals surface area contributed by atoms with Crippen molar-refractivity contribution in [1.82, 2.24) is 10.3 Å². The normalized spacial score (nSPS) is 11.4. The van der Waals surface area contributed by atoms with E-state index in [9.17, 15) is 9.59 Å². The first kappa shape index (κ1) is 29.4. The number of carbonyl (C=O) groups excluding carboxylic acids is 2. The van der Waals surface area contributed by atoms with E-state index in [0.29, 0.717) is 23.6 Å². The Kier molecular flexibility index (Phi) is 9.71. The van der Waals surface area contributed by atoms with Crippen LogP contribution in [0.3, 0.4) is 0 Å². The average Bonchev–Trinajstić information content (AvgIpc) is 2.81. The van der Waals surface area contributed by atoms with Gasteiger partial charge in [0.2, 0.25) is 0 Å². The van der Waals surface area contributed by atoms with E-state index in [1.807, 2.05) is 83.1 Å². The molecule has 0 unspecified atom stereocenters. The number of pyridine rings is 1. The molecule has 0 spiro atoms. The van der Waals surface area contributed by atoms with Crippen LogP contribution >= 0.6 is 15.9 Å². The first-order valence-electron chi connectivity index (χ1n) is 12.8. The third-order valence-electron chi connectivity index (χ3n) is 5.84. The van der Waals surface area contributed by atoms with Crippen molar-refractivity contribution in [2.75, 3.05) is 0 Å². The Labute approximate surface area is 234 Å². The van der Waals surface area contributed by atoms with Gasteiger partial charge in [0.1, 0.15) is 12.2 Å². The number of benzene rings is 2. The maximum absolute atomic E-state index is 13.6. The van der Waals surface area contributed by atoms with Gasteiger partial charge in [0.05, 0.1) is 11.3 Å². The second-order valence-electron chi connectivity index (χ2n) is 10.9. The van der Waals surface area contributed by atoms with Crippen molar-refractivity contribution in [3.8, 4) is 11.1 Å². The van der Waals surface area contributed by atoms with Crippen molar-refractivity contribution in [3.05, 3.63) is 86.6 Å². The molecular formula is C31H37BrN2O4. The van der Waals surface area contributed by atoms with Gasteiger partial charge in [-0.25, -0.2) is 9.59 Å². The van der Waals surface area contributed by atoms with Crippen LogP contribution in [-0.2, 0) is 29.0 Å². The molecule has 1 N–H and O–H groups in total. The fraction of sp³-hybridized carbons (Fsp3) is 0.387. The van der Waals surface area contributed by atoms with Gasteiger partial charge in [-0.1, -0.05) is 77.8 Å². The van der Waals surface area contributed by atoms with Crippen LogP contribution in [0, 0.1) is 19.8 Å². The van der Waals surface area contributed by atoms with Crippen LogP contribution in [0.4, 0.5) is 4.79 Å². The number of hydrogen-bond acceptors (Lipinski definition) is 5. The Balaban J connectivity index is 2.12. The van der Waals surface area contributed by atoms with Crippen LogP contribution in [0.2, 0.25) is 0 Å². The SMILES string of the molecule is Cc1ccc(-c2c(CNC(=O)OC(C)(C)C)c(CC(C)C)nc(C)c2C(=O)OCc2ccccc2Br)cc1. The van der Waals surface area contributed by atoms with Crippen molar-refractivity contribution in [2.45, 2.75) is 73.6 Å². The van der Waals surface area contributed by atoms with E-state index in [1.54, 1.807) is 0 Å². The molecule has 202 valence electrons. The van der Waals surface area contributed by atoms with Crippen LogP contribution in [0.15, 0.2) is 53.0 Å². The lowest BCUT2D eigenvalue weighted by molar-refractivity contribution is 0.0470. The molecule has 1 heterocycles. The molecule has 7 heteroatoms. The van der Waals surface area contributed by atoms with Crippen molar-refractivity contribution >= 4 is 28.0 Å². The molecule has 1 aromatic heterocycles. The first-order chi connectivity index (χ1) is 17.9. The summed E-state index contributed by atoms with van der Waals surface area (Å²) in [5.41, 5.74) is 5.54. The quantitative estimate of drug-likeness (QED) is 0.276. The number of alkyl carbamates (subject to hydrolysis) is 1. The summed E-state index contributed by atoms with van der Waals surface area (Å²) in [4.78, 5) is 31.1. The summed E-state index contributed by atoms with van der Waals surface area (Å²) >= 11 is 3.52. The van der Waals surface area contributed by atoms with Gasteiger partial charge in [-0.2, -0.15) is 0 Å². The van der Waals surface area contributed by atoms with E-state index in [1.165, 1.54) is 0 Å². The number of halogens is 1. The molecule has 0 aliphatic rings. The van der Waals surface area contributed by atoms with Gasteiger partial charge in [-0.3, -0.25) is 4.98 Å². The third kappa shape index (κ3) is 7.90. The smallest absolute Gasteiger partial charge is 0.407 e. The number of aryl methyl sites for hydroxylation is 2. The summed E-state index contributed by atoms with van der Waals surface area (Å²) in [6.07, 6.45) is 0.165. The number of amides is 1. The van der Waals surface area contributed by atoms with Crippen LogP contribution in [0.1, 0.15) is 73.1 Å². The van der Waals surface area contributed by atoms with Crippen molar-refractivity contribution in [3.63, 3.8) is 0 Å². The minimum atomic E-state index is -0.628. The molecule has 0 radical (unpaired) electrons. The molecule has 3 aromatic rings. The second-order valence-corrected chi connectivity index (χ2v) is 11.7. The standard InChI is InChI=1S/C31H37BrN2O4/c1-19(2)16-26-24(17-33-30(36)38-31(5,6)7)28(22-14-12-20(3)13-15-22)27(21(4)34-26)29(35)37-18-23-10-8-9-11-25(23)32/h8-15,19H,16-18H2,1-7H3,(H,33,36). The van der Waals surface area contributed by atoms with Gasteiger partial charge in [-0.15, -0.1) is 0 Å². The lowest BCUT2D eigenvalue weighted by Gasteiger charge is -2.23. The summed E-state index contributed by atoms with van der Waals surface area (Å²) < 4.78 is 12.2. The molecule has 0 aliphatic heterocycles. The van der Waals surface area contributed by atoms with E-state index < -0.39 is 17.7 Å². The monoisotopic (exact) mass is 580 g/mol. The molecule has 0 saturated carbocycles. The maximum Gasteiger partial charge on any atom is 0.407 e. The van der Waals surface area contributed by atoms with Crippen molar-refractivity contribution < 1.29 is 19.1 Å². The number of carbonyl (C=O) groups is 2. The zero-order valence-corrected chi connectivity index (χ0v) is 24.9. The van der Waals surface area contributed by atoms with Crippen molar-refractivity contribution in [1.29, 1.82) is 0 Å². The molecule has 3 rings (SSSR count). The highest BCUT2D eigenvalue weighted by Crippen LogP contribution is 2.34. The summed E-state index contributed by atoms with van der Waals surface area (Å²) in [5.74, 6) is -0.141. The van der Waals surface area contributed by atoms with Crippen molar-refractivity contribution in [2.24, 2.45) is 5.92 Å². The molecule has 6 nitrogen and oxygen atoms in total. The number of rotatable bonds is 8. The van der Waals surface area contributed by atoms with Gasteiger partial charge in [-0.05, 0) is 58.6 Å². The number of nitrogens with zero attached hydrogens (tertiary/aromatic N) is 1. The fourth-order valence-corrected chi connectivity index (χ4v) is 4.54. The molecule has 0 bridgehead atoms. The zero-order chi connectivity index (χ0) is 28.0. The van der Waals surface area contributed by atoms with Gasteiger partial charge in [0, 0.05) is 33.4 Å². The number of ether oxygens (including phenoxy) is 2. The fourth-order valence-electron chi connectivity index (χ4n) is 4.14. The third-order valence-corrected chi connectivity index (χ3v) is 6.61. The molecule has 0 aliphatic carbocycles.